The summed E-state index contributed by atoms with van der Waals surface area (Å²) < 4.78 is 13.2. The largest absolute Gasteiger partial charge is 0.335 e. The third kappa shape index (κ3) is 5.49. The van der Waals surface area contributed by atoms with Gasteiger partial charge in [-0.3, -0.25) is 14.5 Å². The van der Waals surface area contributed by atoms with Gasteiger partial charge in [0, 0.05) is 39.3 Å². The smallest absolute Gasteiger partial charge is 0.264 e. The van der Waals surface area contributed by atoms with Gasteiger partial charge in [-0.1, -0.05) is 11.6 Å². The lowest BCUT2D eigenvalue weighted by Gasteiger charge is -2.35. The van der Waals surface area contributed by atoms with Gasteiger partial charge in [0.2, 0.25) is 0 Å². The SMILES string of the molecule is Cc1cc(NC(=O)c2ccc(F)cc2Cl)sc1C(=O)N1CCN(CCN2CCCC2)CC1. The molecule has 0 aliphatic carbocycles. The third-order valence-corrected chi connectivity index (χ3v) is 7.57. The lowest BCUT2D eigenvalue weighted by atomic mass is 10.2. The molecule has 0 radical (unpaired) electrons. The minimum absolute atomic E-state index is 0.00649. The average molecular weight is 479 g/mol. The molecule has 2 saturated heterocycles. The highest BCUT2D eigenvalue weighted by Gasteiger charge is 2.25. The van der Waals surface area contributed by atoms with E-state index in [1.807, 2.05) is 11.8 Å². The van der Waals surface area contributed by atoms with Gasteiger partial charge in [0.15, 0.2) is 0 Å². The normalized spacial score (nSPS) is 17.7. The number of amides is 2. The highest BCUT2D eigenvalue weighted by Crippen LogP contribution is 2.29. The van der Waals surface area contributed by atoms with Crippen LogP contribution < -0.4 is 5.32 Å². The molecule has 4 rings (SSSR count). The number of piperazine rings is 1. The van der Waals surface area contributed by atoms with Crippen LogP contribution in [0.5, 0.6) is 0 Å². The Kier molecular flexibility index (Phi) is 7.45. The first-order valence-electron chi connectivity index (χ1n) is 11.0. The van der Waals surface area contributed by atoms with Crippen molar-refractivity contribution in [3.8, 4) is 0 Å². The molecule has 3 heterocycles. The Bertz CT molecular complexity index is 984. The summed E-state index contributed by atoms with van der Waals surface area (Å²) >= 11 is 7.25. The summed E-state index contributed by atoms with van der Waals surface area (Å²) in [5.41, 5.74) is 1.02. The zero-order valence-electron chi connectivity index (χ0n) is 18.2. The van der Waals surface area contributed by atoms with Gasteiger partial charge in [0.1, 0.15) is 5.82 Å². The van der Waals surface area contributed by atoms with Crippen LogP contribution in [0.4, 0.5) is 9.39 Å². The molecule has 2 amide bonds. The summed E-state index contributed by atoms with van der Waals surface area (Å²) in [6.45, 7) is 9.65. The molecule has 2 aliphatic rings. The molecule has 2 aliphatic heterocycles. The van der Waals surface area contributed by atoms with Gasteiger partial charge >= 0.3 is 0 Å². The fraction of sp³-hybridized carbons (Fsp3) is 0.478. The van der Waals surface area contributed by atoms with E-state index in [1.165, 1.54) is 49.4 Å². The molecule has 1 N–H and O–H groups in total. The number of thiophene rings is 1. The number of carbonyl (C=O) groups excluding carboxylic acids is 2. The number of hydrogen-bond donors (Lipinski definition) is 1. The molecule has 9 heteroatoms. The summed E-state index contributed by atoms with van der Waals surface area (Å²) in [6.07, 6.45) is 2.61. The minimum Gasteiger partial charge on any atom is -0.335 e. The molecule has 2 aromatic rings. The second-order valence-corrected chi connectivity index (χ2v) is 9.84. The van der Waals surface area contributed by atoms with E-state index in [9.17, 15) is 14.0 Å². The maximum atomic E-state index is 13.2. The van der Waals surface area contributed by atoms with Gasteiger partial charge in [0.05, 0.1) is 20.5 Å². The van der Waals surface area contributed by atoms with Crippen LogP contribution >= 0.6 is 22.9 Å². The summed E-state index contributed by atoms with van der Waals surface area (Å²) in [6, 6.07) is 5.44. The lowest BCUT2D eigenvalue weighted by Crippen LogP contribution is -2.50. The Morgan fingerprint density at radius 1 is 1.03 bits per heavy atom. The Hall–Kier alpha value is -2.00. The summed E-state index contributed by atoms with van der Waals surface area (Å²) in [4.78, 5) is 33.1. The quantitative estimate of drug-likeness (QED) is 0.683. The van der Waals surface area contributed by atoms with Crippen molar-refractivity contribution < 1.29 is 14.0 Å². The molecule has 172 valence electrons. The van der Waals surface area contributed by atoms with Crippen molar-refractivity contribution in [1.82, 2.24) is 14.7 Å². The minimum atomic E-state index is -0.498. The molecule has 0 saturated carbocycles. The number of rotatable bonds is 6. The van der Waals surface area contributed by atoms with Crippen molar-refractivity contribution in [2.24, 2.45) is 0 Å². The molecule has 0 spiro atoms. The molecular formula is C23H28ClFN4O2S. The topological polar surface area (TPSA) is 55.9 Å². The highest BCUT2D eigenvalue weighted by atomic mass is 35.5. The van der Waals surface area contributed by atoms with Crippen LogP contribution in [0.1, 0.15) is 38.4 Å². The molecule has 1 aromatic carbocycles. The zero-order chi connectivity index (χ0) is 22.7. The van der Waals surface area contributed by atoms with Crippen LogP contribution in [-0.4, -0.2) is 78.9 Å². The second kappa shape index (κ2) is 10.3. The number of carbonyl (C=O) groups is 2. The number of nitrogens with one attached hydrogen (secondary N) is 1. The van der Waals surface area contributed by atoms with E-state index in [-0.39, 0.29) is 16.5 Å². The summed E-state index contributed by atoms with van der Waals surface area (Å²) in [5, 5.41) is 3.40. The highest BCUT2D eigenvalue weighted by molar-refractivity contribution is 7.18. The predicted octanol–water partition coefficient (Wildman–Crippen LogP) is 3.95. The van der Waals surface area contributed by atoms with Gasteiger partial charge in [-0.2, -0.15) is 0 Å². The van der Waals surface area contributed by atoms with Gasteiger partial charge < -0.3 is 15.1 Å². The standard InChI is InChI=1S/C23H28ClFN4O2S/c1-16-14-20(26-22(30)18-5-4-17(25)15-19(18)24)32-21(16)23(31)29-12-10-28(11-13-29)9-8-27-6-2-3-7-27/h4-5,14-15H,2-3,6-13H2,1H3,(H,26,30). The number of hydrogen-bond acceptors (Lipinski definition) is 5. The maximum absolute atomic E-state index is 13.2. The van der Waals surface area contributed by atoms with Crippen molar-refractivity contribution in [1.29, 1.82) is 0 Å². The second-order valence-electron chi connectivity index (χ2n) is 8.38. The Balaban J connectivity index is 1.32. The van der Waals surface area contributed by atoms with E-state index < -0.39 is 11.7 Å². The first-order valence-corrected chi connectivity index (χ1v) is 12.2. The van der Waals surface area contributed by atoms with Gasteiger partial charge in [0.25, 0.3) is 11.8 Å². The van der Waals surface area contributed by atoms with E-state index in [1.54, 1.807) is 6.07 Å². The summed E-state index contributed by atoms with van der Waals surface area (Å²) in [5.74, 6) is -0.920. The van der Waals surface area contributed by atoms with Gasteiger partial charge in [-0.25, -0.2) is 4.39 Å². The number of anilines is 1. The van der Waals surface area contributed by atoms with Crippen molar-refractivity contribution in [3.63, 3.8) is 0 Å². The van der Waals surface area contributed by atoms with Crippen LogP contribution in [-0.2, 0) is 0 Å². The van der Waals surface area contributed by atoms with E-state index in [2.05, 4.69) is 15.1 Å². The molecule has 0 atom stereocenters. The van der Waals surface area contributed by atoms with E-state index >= 15 is 0 Å². The van der Waals surface area contributed by atoms with Crippen LogP contribution in [0.25, 0.3) is 0 Å². The zero-order valence-corrected chi connectivity index (χ0v) is 19.8. The molecule has 0 bridgehead atoms. The van der Waals surface area contributed by atoms with Crippen molar-refractivity contribution >= 4 is 39.8 Å². The van der Waals surface area contributed by atoms with E-state index in [0.717, 1.165) is 37.8 Å². The van der Waals surface area contributed by atoms with E-state index in [0.29, 0.717) is 23.0 Å². The molecule has 32 heavy (non-hydrogen) atoms. The number of likely N-dealkylation sites (tertiary alicyclic amines) is 1. The van der Waals surface area contributed by atoms with Crippen LogP contribution in [0, 0.1) is 12.7 Å². The number of nitrogens with zero attached hydrogens (tertiary/aromatic N) is 3. The van der Waals surface area contributed by atoms with Crippen LogP contribution in [0.3, 0.4) is 0 Å². The van der Waals surface area contributed by atoms with Crippen molar-refractivity contribution in [3.05, 3.63) is 51.1 Å². The lowest BCUT2D eigenvalue weighted by molar-refractivity contribution is 0.0630. The fourth-order valence-electron chi connectivity index (χ4n) is 4.22. The molecule has 0 unspecified atom stereocenters. The fourth-order valence-corrected chi connectivity index (χ4v) is 5.50. The third-order valence-electron chi connectivity index (χ3n) is 6.12. The Morgan fingerprint density at radius 2 is 1.69 bits per heavy atom. The van der Waals surface area contributed by atoms with Gasteiger partial charge in [-0.05, 0) is 62.7 Å². The van der Waals surface area contributed by atoms with Crippen molar-refractivity contribution in [2.75, 3.05) is 57.7 Å². The molecule has 1 aromatic heterocycles. The maximum Gasteiger partial charge on any atom is 0.264 e. The number of aryl methyl sites for hydroxylation is 1. The average Bonchev–Trinajstić information content (AvgIpc) is 3.41. The predicted molar refractivity (Wildman–Crippen MR) is 126 cm³/mol. The van der Waals surface area contributed by atoms with Crippen LogP contribution in [0.2, 0.25) is 5.02 Å². The molecule has 6 nitrogen and oxygen atoms in total. The van der Waals surface area contributed by atoms with Crippen LogP contribution in [0.15, 0.2) is 24.3 Å². The first kappa shape index (κ1) is 23.2. The Morgan fingerprint density at radius 3 is 2.34 bits per heavy atom. The number of benzene rings is 1. The first-order chi connectivity index (χ1) is 15.4. The number of halogens is 2. The molecule has 2 fully saturated rings. The Labute approximate surface area is 196 Å². The molecular weight excluding hydrogens is 451 g/mol. The summed E-state index contributed by atoms with van der Waals surface area (Å²) in [7, 11) is 0. The van der Waals surface area contributed by atoms with Crippen molar-refractivity contribution in [2.45, 2.75) is 19.8 Å². The van der Waals surface area contributed by atoms with E-state index in [4.69, 9.17) is 11.6 Å². The monoisotopic (exact) mass is 478 g/mol. The van der Waals surface area contributed by atoms with Gasteiger partial charge in [-0.15, -0.1) is 11.3 Å².